The molecule has 1 aliphatic carbocycles. The normalized spacial score (nSPS) is 16.1. The Kier molecular flexibility index (Phi) is 4.06. The van der Waals surface area contributed by atoms with E-state index in [4.69, 9.17) is 4.52 Å². The molecule has 0 spiro atoms. The van der Waals surface area contributed by atoms with E-state index >= 15 is 0 Å². The van der Waals surface area contributed by atoms with Crippen molar-refractivity contribution in [2.45, 2.75) is 45.6 Å². The Hall–Kier alpha value is -2.96. The summed E-state index contributed by atoms with van der Waals surface area (Å²) in [6.45, 7) is 5.86. The third kappa shape index (κ3) is 2.89. The lowest BCUT2D eigenvalue weighted by atomic mass is 10.0. The van der Waals surface area contributed by atoms with E-state index in [1.165, 1.54) is 5.56 Å². The molecule has 0 saturated heterocycles. The van der Waals surface area contributed by atoms with Gasteiger partial charge in [0.05, 0.1) is 17.3 Å². The van der Waals surface area contributed by atoms with Gasteiger partial charge in [-0.05, 0) is 37.0 Å². The largest absolute Gasteiger partial charge is 0.345 e. The van der Waals surface area contributed by atoms with Crippen LogP contribution in [0.15, 0.2) is 28.9 Å². The van der Waals surface area contributed by atoms with Gasteiger partial charge in [-0.3, -0.25) is 9.89 Å². The van der Waals surface area contributed by atoms with Crippen LogP contribution in [0, 0.1) is 6.92 Å². The fraction of sp³-hybridized carbons (Fsp3) is 0.368. The minimum atomic E-state index is -0.0991. The van der Waals surface area contributed by atoms with Gasteiger partial charge in [0.15, 0.2) is 0 Å². The van der Waals surface area contributed by atoms with Crippen LogP contribution in [0.2, 0.25) is 0 Å². The number of nitrogens with zero attached hydrogens (tertiary/aromatic N) is 3. The predicted molar refractivity (Wildman–Crippen MR) is 95.7 cm³/mol. The minimum Gasteiger partial charge on any atom is -0.345 e. The summed E-state index contributed by atoms with van der Waals surface area (Å²) in [4.78, 5) is 16.9. The number of aromatic nitrogens is 4. The van der Waals surface area contributed by atoms with E-state index in [0.717, 1.165) is 24.0 Å². The van der Waals surface area contributed by atoms with Gasteiger partial charge in [-0.1, -0.05) is 31.1 Å². The number of H-pyrrole nitrogens is 1. The standard InChI is InChI=1S/C19H21N5O2/c1-10(2)19-22-17(24-26-19)13-4-6-14-12(8-13)5-7-16(14)21-18(25)15-9-20-23-11(15)3/h4,6,8-10,16H,5,7H2,1-3H3,(H,20,23)(H,21,25). The molecule has 26 heavy (non-hydrogen) atoms. The zero-order valence-electron chi connectivity index (χ0n) is 15.0. The highest BCUT2D eigenvalue weighted by atomic mass is 16.5. The maximum Gasteiger partial charge on any atom is 0.255 e. The van der Waals surface area contributed by atoms with E-state index in [0.29, 0.717) is 23.0 Å². The second-order valence-corrected chi connectivity index (χ2v) is 6.97. The molecule has 2 heterocycles. The van der Waals surface area contributed by atoms with Gasteiger partial charge in [-0.15, -0.1) is 0 Å². The molecule has 0 aliphatic heterocycles. The SMILES string of the molecule is Cc1n[nH]cc1C(=O)NC1CCc2cc(-c3noc(C(C)C)n3)ccc21. The van der Waals surface area contributed by atoms with E-state index in [2.05, 4.69) is 37.8 Å². The lowest BCUT2D eigenvalue weighted by Crippen LogP contribution is -2.27. The molecule has 0 bridgehead atoms. The summed E-state index contributed by atoms with van der Waals surface area (Å²) >= 11 is 0. The number of fused-ring (bicyclic) bond motifs is 1. The van der Waals surface area contributed by atoms with E-state index in [9.17, 15) is 4.79 Å². The molecule has 7 nitrogen and oxygen atoms in total. The molecule has 4 rings (SSSR count). The molecule has 7 heteroatoms. The first-order valence-corrected chi connectivity index (χ1v) is 8.81. The van der Waals surface area contributed by atoms with Crippen LogP contribution in [0.3, 0.4) is 0 Å². The van der Waals surface area contributed by atoms with E-state index in [1.54, 1.807) is 6.20 Å². The van der Waals surface area contributed by atoms with Gasteiger partial charge in [-0.25, -0.2) is 0 Å². The van der Waals surface area contributed by atoms with Crippen LogP contribution < -0.4 is 5.32 Å². The van der Waals surface area contributed by atoms with E-state index in [1.807, 2.05) is 26.8 Å². The Bertz CT molecular complexity index is 957. The molecule has 134 valence electrons. The van der Waals surface area contributed by atoms with Crippen LogP contribution in [-0.2, 0) is 6.42 Å². The van der Waals surface area contributed by atoms with Crippen molar-refractivity contribution in [2.24, 2.45) is 0 Å². The quantitative estimate of drug-likeness (QED) is 0.752. The molecule has 0 saturated carbocycles. The molecule has 2 N–H and O–H groups in total. The Morgan fingerprint density at radius 3 is 2.92 bits per heavy atom. The Morgan fingerprint density at radius 2 is 2.23 bits per heavy atom. The first-order chi connectivity index (χ1) is 12.5. The number of amides is 1. The van der Waals surface area contributed by atoms with Gasteiger partial charge >= 0.3 is 0 Å². The average Bonchev–Trinajstić information content (AvgIpc) is 3.34. The highest BCUT2D eigenvalue weighted by Gasteiger charge is 2.26. The zero-order valence-corrected chi connectivity index (χ0v) is 15.0. The number of aromatic amines is 1. The lowest BCUT2D eigenvalue weighted by Gasteiger charge is -2.14. The number of carbonyl (C=O) groups is 1. The number of rotatable bonds is 4. The fourth-order valence-corrected chi connectivity index (χ4v) is 3.32. The predicted octanol–water partition coefficient (Wildman–Crippen LogP) is 3.31. The van der Waals surface area contributed by atoms with Crippen LogP contribution in [0.4, 0.5) is 0 Å². The van der Waals surface area contributed by atoms with Gasteiger partial charge in [0.25, 0.3) is 5.91 Å². The molecular weight excluding hydrogens is 330 g/mol. The summed E-state index contributed by atoms with van der Waals surface area (Å²) in [5, 5.41) is 13.9. The van der Waals surface area contributed by atoms with E-state index in [-0.39, 0.29) is 17.9 Å². The highest BCUT2D eigenvalue weighted by Crippen LogP contribution is 2.34. The van der Waals surface area contributed by atoms with Gasteiger partial charge < -0.3 is 9.84 Å². The maximum absolute atomic E-state index is 12.4. The van der Waals surface area contributed by atoms with Crippen molar-refractivity contribution in [1.82, 2.24) is 25.7 Å². The fourth-order valence-electron chi connectivity index (χ4n) is 3.32. The topological polar surface area (TPSA) is 96.7 Å². The summed E-state index contributed by atoms with van der Waals surface area (Å²) < 4.78 is 5.30. The molecule has 1 amide bonds. The number of benzene rings is 1. The van der Waals surface area contributed by atoms with Crippen LogP contribution in [0.1, 0.15) is 65.3 Å². The molecule has 1 atom stereocenters. The maximum atomic E-state index is 12.4. The number of hydrogen-bond acceptors (Lipinski definition) is 5. The molecule has 1 aromatic carbocycles. The summed E-state index contributed by atoms with van der Waals surface area (Å²) in [6.07, 6.45) is 3.42. The third-order valence-electron chi connectivity index (χ3n) is 4.80. The van der Waals surface area contributed by atoms with E-state index < -0.39 is 0 Å². The Balaban J connectivity index is 1.54. The monoisotopic (exact) mass is 351 g/mol. The van der Waals surface area contributed by atoms with Crippen molar-refractivity contribution in [3.63, 3.8) is 0 Å². The molecule has 3 aromatic rings. The first-order valence-electron chi connectivity index (χ1n) is 8.81. The smallest absolute Gasteiger partial charge is 0.255 e. The van der Waals surface area contributed by atoms with Gasteiger partial charge in [-0.2, -0.15) is 10.1 Å². The summed E-state index contributed by atoms with van der Waals surface area (Å²) in [7, 11) is 0. The van der Waals surface area contributed by atoms with Crippen LogP contribution >= 0.6 is 0 Å². The molecular formula is C19H21N5O2. The summed E-state index contributed by atoms with van der Waals surface area (Å²) in [5.74, 6) is 1.36. The second kappa shape index (κ2) is 6.40. The van der Waals surface area contributed by atoms with Crippen molar-refractivity contribution in [1.29, 1.82) is 0 Å². The van der Waals surface area contributed by atoms with Crippen LogP contribution in [-0.4, -0.2) is 26.2 Å². The summed E-state index contributed by atoms with van der Waals surface area (Å²) in [6, 6.07) is 6.15. The lowest BCUT2D eigenvalue weighted by molar-refractivity contribution is 0.0936. The van der Waals surface area contributed by atoms with Crippen LogP contribution in [0.5, 0.6) is 0 Å². The Labute approximate surface area is 151 Å². The molecule has 0 fully saturated rings. The number of hydrogen-bond donors (Lipinski definition) is 2. The van der Waals surface area contributed by atoms with Crippen molar-refractivity contribution < 1.29 is 9.32 Å². The van der Waals surface area contributed by atoms with Crippen LogP contribution in [0.25, 0.3) is 11.4 Å². The number of carbonyl (C=O) groups excluding carboxylic acids is 1. The Morgan fingerprint density at radius 1 is 1.38 bits per heavy atom. The van der Waals surface area contributed by atoms with Crippen molar-refractivity contribution in [2.75, 3.05) is 0 Å². The van der Waals surface area contributed by atoms with Crippen molar-refractivity contribution >= 4 is 5.91 Å². The molecule has 2 aromatic heterocycles. The number of aryl methyl sites for hydroxylation is 2. The first kappa shape index (κ1) is 16.5. The van der Waals surface area contributed by atoms with Gasteiger partial charge in [0, 0.05) is 17.7 Å². The van der Waals surface area contributed by atoms with Crippen molar-refractivity contribution in [3.8, 4) is 11.4 Å². The highest BCUT2D eigenvalue weighted by molar-refractivity contribution is 5.95. The average molecular weight is 351 g/mol. The van der Waals surface area contributed by atoms with Gasteiger partial charge in [0.1, 0.15) is 0 Å². The molecule has 0 radical (unpaired) electrons. The van der Waals surface area contributed by atoms with Gasteiger partial charge in [0.2, 0.25) is 11.7 Å². The summed E-state index contributed by atoms with van der Waals surface area (Å²) in [5.41, 5.74) is 4.60. The zero-order chi connectivity index (χ0) is 18.3. The molecule has 1 unspecified atom stereocenters. The number of nitrogens with one attached hydrogen (secondary N) is 2. The molecule has 1 aliphatic rings. The minimum absolute atomic E-state index is 0.0114. The van der Waals surface area contributed by atoms with Crippen molar-refractivity contribution in [3.05, 3.63) is 52.7 Å². The second-order valence-electron chi connectivity index (χ2n) is 6.97. The third-order valence-corrected chi connectivity index (χ3v) is 4.80.